The van der Waals surface area contributed by atoms with E-state index in [0.717, 1.165) is 39.3 Å². The third kappa shape index (κ3) is 5.78. The van der Waals surface area contributed by atoms with Gasteiger partial charge in [-0.3, -0.25) is 9.59 Å². The number of carboxylic acid groups (broad SMARTS) is 2. The number of carbonyl (C=O) groups is 4. The van der Waals surface area contributed by atoms with Crippen LogP contribution in [0.5, 0.6) is 0 Å². The monoisotopic (exact) mass is 567 g/mol. The van der Waals surface area contributed by atoms with Crippen molar-refractivity contribution in [2.75, 3.05) is 16.4 Å². The molecule has 4 aromatic carbocycles. The summed E-state index contributed by atoms with van der Waals surface area (Å²) in [6.07, 6.45) is 0. The molecule has 206 valence electrons. The molecule has 0 fully saturated rings. The number of nitrogens with one attached hydrogen (secondary N) is 2. The predicted molar refractivity (Wildman–Crippen MR) is 159 cm³/mol. The number of rotatable bonds is 9. The van der Waals surface area contributed by atoms with Crippen LogP contribution in [-0.4, -0.2) is 44.3 Å². The van der Waals surface area contributed by atoms with E-state index in [-0.39, 0.29) is 22.8 Å². The molecule has 5 aromatic rings. The molecular formula is C31H25N3O6S. The van der Waals surface area contributed by atoms with Crippen LogP contribution in [0.4, 0.5) is 11.4 Å². The number of fused-ring (bicyclic) bond motifs is 3. The summed E-state index contributed by atoms with van der Waals surface area (Å²) in [5.41, 5.74) is 2.54. The summed E-state index contributed by atoms with van der Waals surface area (Å²) in [6.45, 7) is 2.94. The molecular weight excluding hydrogens is 542 g/mol. The highest BCUT2D eigenvalue weighted by atomic mass is 32.2. The number of aryl methyl sites for hydroxylation is 1. The van der Waals surface area contributed by atoms with Gasteiger partial charge in [0.15, 0.2) is 0 Å². The second kappa shape index (κ2) is 11.6. The van der Waals surface area contributed by atoms with E-state index in [1.165, 1.54) is 23.9 Å². The average molecular weight is 568 g/mol. The van der Waals surface area contributed by atoms with E-state index in [1.54, 1.807) is 24.3 Å². The molecule has 0 aliphatic carbocycles. The van der Waals surface area contributed by atoms with Gasteiger partial charge in [-0.15, -0.1) is 11.8 Å². The Balaban J connectivity index is 1.25. The molecule has 0 spiro atoms. The Labute approximate surface area is 238 Å². The number of hydrogen-bond donors (Lipinski definition) is 4. The Kier molecular flexibility index (Phi) is 7.75. The van der Waals surface area contributed by atoms with Crippen LogP contribution < -0.4 is 10.6 Å². The van der Waals surface area contributed by atoms with Crippen molar-refractivity contribution < 1.29 is 29.4 Å². The number of carboxylic acids is 2. The molecule has 0 radical (unpaired) electrons. The van der Waals surface area contributed by atoms with Gasteiger partial charge in [0.25, 0.3) is 5.91 Å². The Bertz CT molecular complexity index is 1850. The summed E-state index contributed by atoms with van der Waals surface area (Å²) in [7, 11) is 0. The van der Waals surface area contributed by atoms with Gasteiger partial charge in [0.1, 0.15) is 0 Å². The van der Waals surface area contributed by atoms with Gasteiger partial charge in [0.2, 0.25) is 5.91 Å². The molecule has 1 aromatic heterocycles. The molecule has 0 saturated carbocycles. The lowest BCUT2D eigenvalue weighted by molar-refractivity contribution is -0.113. The first-order chi connectivity index (χ1) is 19.7. The fraction of sp³-hybridized carbons (Fsp3) is 0.0968. The van der Waals surface area contributed by atoms with Crippen LogP contribution in [0, 0.1) is 0 Å². The summed E-state index contributed by atoms with van der Waals surface area (Å²) in [4.78, 5) is 49.1. The first-order valence-corrected chi connectivity index (χ1v) is 13.7. The van der Waals surface area contributed by atoms with Crippen molar-refractivity contribution in [2.45, 2.75) is 18.4 Å². The molecule has 0 bridgehead atoms. The molecule has 1 heterocycles. The number of aromatic carboxylic acids is 2. The van der Waals surface area contributed by atoms with Gasteiger partial charge in [-0.1, -0.05) is 24.3 Å². The van der Waals surface area contributed by atoms with Gasteiger partial charge in [0, 0.05) is 44.6 Å². The molecule has 2 amide bonds. The topological polar surface area (TPSA) is 138 Å². The summed E-state index contributed by atoms with van der Waals surface area (Å²) in [6, 6.07) is 24.2. The number of amides is 2. The highest BCUT2D eigenvalue weighted by molar-refractivity contribution is 8.00. The van der Waals surface area contributed by atoms with E-state index < -0.39 is 23.4 Å². The Morgan fingerprint density at radius 1 is 0.732 bits per heavy atom. The van der Waals surface area contributed by atoms with Crippen LogP contribution in [0.2, 0.25) is 0 Å². The number of para-hydroxylation sites is 1. The van der Waals surface area contributed by atoms with Crippen molar-refractivity contribution in [3.05, 3.63) is 102 Å². The number of hydrogen-bond acceptors (Lipinski definition) is 5. The molecule has 0 aliphatic heterocycles. The lowest BCUT2D eigenvalue weighted by atomic mass is 10.0. The molecule has 0 aliphatic rings. The zero-order valence-corrected chi connectivity index (χ0v) is 22.7. The fourth-order valence-corrected chi connectivity index (χ4v) is 5.49. The van der Waals surface area contributed by atoms with Gasteiger partial charge >= 0.3 is 11.9 Å². The van der Waals surface area contributed by atoms with Gasteiger partial charge < -0.3 is 25.4 Å². The van der Waals surface area contributed by atoms with Crippen LogP contribution >= 0.6 is 11.8 Å². The van der Waals surface area contributed by atoms with Crippen molar-refractivity contribution in [2.24, 2.45) is 0 Å². The van der Waals surface area contributed by atoms with Crippen molar-refractivity contribution >= 4 is 68.7 Å². The van der Waals surface area contributed by atoms with Crippen molar-refractivity contribution in [1.82, 2.24) is 4.57 Å². The third-order valence-electron chi connectivity index (χ3n) is 6.58. The largest absolute Gasteiger partial charge is 0.478 e. The molecule has 10 heteroatoms. The number of anilines is 2. The van der Waals surface area contributed by atoms with E-state index in [9.17, 15) is 24.3 Å². The van der Waals surface area contributed by atoms with Crippen molar-refractivity contribution in [3.8, 4) is 0 Å². The van der Waals surface area contributed by atoms with Crippen LogP contribution in [-0.2, 0) is 11.3 Å². The lowest BCUT2D eigenvalue weighted by Gasteiger charge is -2.10. The quantitative estimate of drug-likeness (QED) is 0.156. The molecule has 0 saturated heterocycles. The molecule has 5 rings (SSSR count). The maximum Gasteiger partial charge on any atom is 0.336 e. The van der Waals surface area contributed by atoms with E-state index >= 15 is 0 Å². The van der Waals surface area contributed by atoms with Crippen LogP contribution in [0.15, 0.2) is 89.8 Å². The minimum absolute atomic E-state index is 0.131. The zero-order valence-electron chi connectivity index (χ0n) is 21.9. The summed E-state index contributed by atoms with van der Waals surface area (Å²) in [5, 5.41) is 26.4. The Hall–Kier alpha value is -5.09. The minimum Gasteiger partial charge on any atom is -0.478 e. The van der Waals surface area contributed by atoms with E-state index in [1.807, 2.05) is 30.3 Å². The smallest absolute Gasteiger partial charge is 0.336 e. The number of benzene rings is 4. The maximum absolute atomic E-state index is 12.8. The second-order valence-electron chi connectivity index (χ2n) is 9.18. The number of nitrogens with zero attached hydrogens (tertiary/aromatic N) is 1. The summed E-state index contributed by atoms with van der Waals surface area (Å²) < 4.78 is 2.24. The minimum atomic E-state index is -1.41. The highest BCUT2D eigenvalue weighted by Crippen LogP contribution is 2.31. The molecule has 41 heavy (non-hydrogen) atoms. The summed E-state index contributed by atoms with van der Waals surface area (Å²) >= 11 is 1.29. The molecule has 0 atom stereocenters. The maximum atomic E-state index is 12.8. The van der Waals surface area contributed by atoms with Crippen molar-refractivity contribution in [1.29, 1.82) is 0 Å². The number of thioether (sulfide) groups is 1. The number of aromatic nitrogens is 1. The molecule has 9 nitrogen and oxygen atoms in total. The van der Waals surface area contributed by atoms with Gasteiger partial charge in [-0.2, -0.15) is 0 Å². The Morgan fingerprint density at radius 3 is 2.24 bits per heavy atom. The Morgan fingerprint density at radius 2 is 1.49 bits per heavy atom. The normalized spacial score (nSPS) is 11.0. The first-order valence-electron chi connectivity index (χ1n) is 12.7. The van der Waals surface area contributed by atoms with Gasteiger partial charge in [-0.25, -0.2) is 9.59 Å². The lowest BCUT2D eigenvalue weighted by Crippen LogP contribution is -2.17. The average Bonchev–Trinajstić information content (AvgIpc) is 3.28. The summed E-state index contributed by atoms with van der Waals surface area (Å²) in [5.74, 6) is -3.46. The van der Waals surface area contributed by atoms with Gasteiger partial charge in [0.05, 0.1) is 22.4 Å². The fourth-order valence-electron chi connectivity index (χ4n) is 4.73. The standard InChI is InChI=1S/C31H25N3O6S/c1-2-34-26-9-4-3-8-22(26)24-16-20(11-13-27(24)34)32-28(35)17-41-21-7-5-6-19(15-21)33-29(36)23-12-10-18(30(37)38)14-25(23)31(39)40/h3-16H,2,17H2,1H3,(H,32,35)(H,33,36)(H,37,38)(H,39,40). The van der Waals surface area contributed by atoms with Crippen LogP contribution in [0.3, 0.4) is 0 Å². The third-order valence-corrected chi connectivity index (χ3v) is 7.57. The highest BCUT2D eigenvalue weighted by Gasteiger charge is 2.19. The zero-order chi connectivity index (χ0) is 29.1. The van der Waals surface area contributed by atoms with E-state index in [2.05, 4.69) is 34.3 Å². The predicted octanol–water partition coefficient (Wildman–Crippen LogP) is 6.19. The van der Waals surface area contributed by atoms with E-state index in [4.69, 9.17) is 5.11 Å². The SMILES string of the molecule is CCn1c2ccccc2c2cc(NC(=O)CSc3cccc(NC(=O)c4ccc(C(=O)O)cc4C(=O)O)c3)ccc21. The number of carbonyl (C=O) groups excluding carboxylic acids is 2. The molecule has 4 N–H and O–H groups in total. The van der Waals surface area contributed by atoms with Gasteiger partial charge in [-0.05, 0) is 67.6 Å². The molecule has 0 unspecified atom stereocenters. The van der Waals surface area contributed by atoms with E-state index in [0.29, 0.717) is 11.4 Å². The van der Waals surface area contributed by atoms with Crippen LogP contribution in [0.1, 0.15) is 38.0 Å². The van der Waals surface area contributed by atoms with Crippen molar-refractivity contribution in [3.63, 3.8) is 0 Å². The second-order valence-corrected chi connectivity index (χ2v) is 10.2. The van der Waals surface area contributed by atoms with Crippen LogP contribution in [0.25, 0.3) is 21.8 Å². The first kappa shape index (κ1) is 27.5.